The SMILES string of the molecule is CCC[C@H](NC(=O)c1cccc(Br)c1Cl)C(=O)O. The standard InChI is InChI=1S/C12H13BrClNO3/c1-2-4-9(12(17)18)15-11(16)7-5-3-6-8(13)10(7)14/h3,5-6,9H,2,4H2,1H3,(H,15,16)(H,17,18)/t9-/m0/s1. The predicted octanol–water partition coefficient (Wildman–Crippen LogP) is 3.09. The monoisotopic (exact) mass is 333 g/mol. The maximum atomic E-state index is 11.9. The fourth-order valence-electron chi connectivity index (χ4n) is 1.46. The molecule has 1 rings (SSSR count). The van der Waals surface area contributed by atoms with E-state index >= 15 is 0 Å². The fourth-order valence-corrected chi connectivity index (χ4v) is 2.04. The minimum atomic E-state index is -1.05. The summed E-state index contributed by atoms with van der Waals surface area (Å²) in [5.41, 5.74) is 0.258. The number of carbonyl (C=O) groups excluding carboxylic acids is 1. The Bertz CT molecular complexity index is 465. The van der Waals surface area contributed by atoms with E-state index in [1.165, 1.54) is 0 Å². The zero-order chi connectivity index (χ0) is 13.7. The number of aliphatic carboxylic acids is 1. The number of hydrogen-bond acceptors (Lipinski definition) is 2. The van der Waals surface area contributed by atoms with E-state index in [-0.39, 0.29) is 10.6 Å². The van der Waals surface area contributed by atoms with Crippen molar-refractivity contribution < 1.29 is 14.7 Å². The van der Waals surface area contributed by atoms with Gasteiger partial charge in [-0.2, -0.15) is 0 Å². The Balaban J connectivity index is 2.87. The summed E-state index contributed by atoms with van der Waals surface area (Å²) in [6, 6.07) is 4.03. The van der Waals surface area contributed by atoms with Crippen LogP contribution in [0.2, 0.25) is 5.02 Å². The van der Waals surface area contributed by atoms with E-state index in [1.54, 1.807) is 18.2 Å². The summed E-state index contributed by atoms with van der Waals surface area (Å²) in [4.78, 5) is 22.9. The second-order valence-corrected chi connectivity index (χ2v) is 4.99. The van der Waals surface area contributed by atoms with Crippen molar-refractivity contribution in [1.82, 2.24) is 5.32 Å². The minimum Gasteiger partial charge on any atom is -0.480 e. The molecule has 4 nitrogen and oxygen atoms in total. The van der Waals surface area contributed by atoms with E-state index in [0.717, 1.165) is 0 Å². The van der Waals surface area contributed by atoms with Crippen LogP contribution in [-0.2, 0) is 4.79 Å². The Morgan fingerprint density at radius 3 is 2.72 bits per heavy atom. The maximum Gasteiger partial charge on any atom is 0.326 e. The molecule has 1 atom stereocenters. The van der Waals surface area contributed by atoms with Crippen LogP contribution in [0, 0.1) is 0 Å². The molecule has 0 spiro atoms. The van der Waals surface area contributed by atoms with Crippen LogP contribution in [0.15, 0.2) is 22.7 Å². The number of carboxylic acids is 1. The van der Waals surface area contributed by atoms with Crippen LogP contribution >= 0.6 is 27.5 Å². The maximum absolute atomic E-state index is 11.9. The molecule has 0 bridgehead atoms. The topological polar surface area (TPSA) is 66.4 Å². The lowest BCUT2D eigenvalue weighted by Crippen LogP contribution is -2.40. The van der Waals surface area contributed by atoms with Gasteiger partial charge in [0.1, 0.15) is 6.04 Å². The Morgan fingerprint density at radius 1 is 1.50 bits per heavy atom. The van der Waals surface area contributed by atoms with Crippen LogP contribution < -0.4 is 5.32 Å². The summed E-state index contributed by atoms with van der Waals surface area (Å²) >= 11 is 9.19. The van der Waals surface area contributed by atoms with Gasteiger partial charge in [-0.15, -0.1) is 0 Å². The van der Waals surface area contributed by atoms with Crippen LogP contribution in [0.5, 0.6) is 0 Å². The summed E-state index contributed by atoms with van der Waals surface area (Å²) in [6.07, 6.45) is 1.05. The molecule has 18 heavy (non-hydrogen) atoms. The summed E-state index contributed by atoms with van der Waals surface area (Å²) < 4.78 is 0.596. The second-order valence-electron chi connectivity index (χ2n) is 3.75. The smallest absolute Gasteiger partial charge is 0.326 e. The number of rotatable bonds is 5. The van der Waals surface area contributed by atoms with Gasteiger partial charge in [-0.1, -0.05) is 31.0 Å². The van der Waals surface area contributed by atoms with Gasteiger partial charge in [0.15, 0.2) is 0 Å². The molecule has 0 radical (unpaired) electrons. The fraction of sp³-hybridized carbons (Fsp3) is 0.333. The first kappa shape index (κ1) is 15.0. The average Bonchev–Trinajstić information content (AvgIpc) is 2.31. The van der Waals surface area contributed by atoms with Crippen LogP contribution in [0.25, 0.3) is 0 Å². The molecule has 0 aliphatic rings. The van der Waals surface area contributed by atoms with Crippen LogP contribution in [0.1, 0.15) is 30.1 Å². The van der Waals surface area contributed by atoms with E-state index in [1.807, 2.05) is 6.92 Å². The molecular formula is C12H13BrClNO3. The highest BCUT2D eigenvalue weighted by molar-refractivity contribution is 9.10. The average molecular weight is 335 g/mol. The first-order chi connectivity index (χ1) is 8.47. The summed E-state index contributed by atoms with van der Waals surface area (Å²) in [5, 5.41) is 11.7. The number of benzene rings is 1. The van der Waals surface area contributed by atoms with E-state index in [0.29, 0.717) is 17.3 Å². The van der Waals surface area contributed by atoms with Crippen molar-refractivity contribution in [3.05, 3.63) is 33.3 Å². The molecular weight excluding hydrogens is 321 g/mol. The molecule has 0 fully saturated rings. The third kappa shape index (κ3) is 3.71. The van der Waals surface area contributed by atoms with Crippen molar-refractivity contribution >= 4 is 39.4 Å². The normalized spacial score (nSPS) is 11.9. The van der Waals surface area contributed by atoms with Gasteiger partial charge in [-0.05, 0) is 34.5 Å². The second kappa shape index (κ2) is 6.75. The first-order valence-electron chi connectivity index (χ1n) is 5.45. The third-order valence-corrected chi connectivity index (χ3v) is 3.67. The van der Waals surface area contributed by atoms with Crippen molar-refractivity contribution in [2.45, 2.75) is 25.8 Å². The molecule has 1 aromatic rings. The largest absolute Gasteiger partial charge is 0.480 e. The predicted molar refractivity (Wildman–Crippen MR) is 73.0 cm³/mol. The van der Waals surface area contributed by atoms with Gasteiger partial charge in [-0.3, -0.25) is 4.79 Å². The lowest BCUT2D eigenvalue weighted by Gasteiger charge is -2.14. The minimum absolute atomic E-state index is 0.258. The third-order valence-electron chi connectivity index (χ3n) is 2.38. The number of carboxylic acid groups (broad SMARTS) is 1. The van der Waals surface area contributed by atoms with Gasteiger partial charge in [0.05, 0.1) is 10.6 Å². The molecule has 98 valence electrons. The molecule has 0 aromatic heterocycles. The molecule has 0 saturated carbocycles. The Hall–Kier alpha value is -1.07. The van der Waals surface area contributed by atoms with Gasteiger partial charge in [0.2, 0.25) is 0 Å². The summed E-state index contributed by atoms with van der Waals surface area (Å²) in [5.74, 6) is -1.53. The van der Waals surface area contributed by atoms with E-state index in [2.05, 4.69) is 21.2 Å². The summed E-state index contributed by atoms with van der Waals surface area (Å²) in [7, 11) is 0. The molecule has 0 heterocycles. The first-order valence-corrected chi connectivity index (χ1v) is 6.62. The van der Waals surface area contributed by atoms with Crippen LogP contribution in [-0.4, -0.2) is 23.0 Å². The number of carbonyl (C=O) groups is 2. The van der Waals surface area contributed by atoms with Crippen molar-refractivity contribution in [2.75, 3.05) is 0 Å². The molecule has 0 aliphatic heterocycles. The summed E-state index contributed by atoms with van der Waals surface area (Å²) in [6.45, 7) is 1.86. The molecule has 2 N–H and O–H groups in total. The molecule has 6 heteroatoms. The highest BCUT2D eigenvalue weighted by Gasteiger charge is 2.21. The van der Waals surface area contributed by atoms with Crippen molar-refractivity contribution in [3.63, 3.8) is 0 Å². The number of nitrogens with one attached hydrogen (secondary N) is 1. The number of hydrogen-bond donors (Lipinski definition) is 2. The lowest BCUT2D eigenvalue weighted by atomic mass is 10.1. The number of halogens is 2. The zero-order valence-corrected chi connectivity index (χ0v) is 12.1. The molecule has 0 aliphatic carbocycles. The van der Waals surface area contributed by atoms with Crippen molar-refractivity contribution in [3.8, 4) is 0 Å². The van der Waals surface area contributed by atoms with Crippen molar-refractivity contribution in [2.24, 2.45) is 0 Å². The molecule has 0 saturated heterocycles. The highest BCUT2D eigenvalue weighted by atomic mass is 79.9. The van der Waals surface area contributed by atoms with Gasteiger partial charge < -0.3 is 10.4 Å². The Kier molecular flexibility index (Phi) is 5.62. The van der Waals surface area contributed by atoms with Gasteiger partial charge >= 0.3 is 5.97 Å². The van der Waals surface area contributed by atoms with E-state index in [4.69, 9.17) is 16.7 Å². The Morgan fingerprint density at radius 2 is 2.17 bits per heavy atom. The molecule has 1 aromatic carbocycles. The molecule has 1 amide bonds. The number of amides is 1. The molecule has 0 unspecified atom stereocenters. The van der Waals surface area contributed by atoms with Crippen molar-refractivity contribution in [1.29, 1.82) is 0 Å². The Labute approximate surface area is 118 Å². The van der Waals surface area contributed by atoms with E-state index in [9.17, 15) is 9.59 Å². The quantitative estimate of drug-likeness (QED) is 0.869. The van der Waals surface area contributed by atoms with E-state index < -0.39 is 17.9 Å². The zero-order valence-electron chi connectivity index (χ0n) is 9.74. The highest BCUT2D eigenvalue weighted by Crippen LogP contribution is 2.25. The van der Waals surface area contributed by atoms with Gasteiger partial charge in [0, 0.05) is 4.47 Å². The lowest BCUT2D eigenvalue weighted by molar-refractivity contribution is -0.139. The van der Waals surface area contributed by atoms with Gasteiger partial charge in [0.25, 0.3) is 5.91 Å². The van der Waals surface area contributed by atoms with Gasteiger partial charge in [-0.25, -0.2) is 4.79 Å². The van der Waals surface area contributed by atoms with Crippen LogP contribution in [0.4, 0.5) is 0 Å². The van der Waals surface area contributed by atoms with Crippen LogP contribution in [0.3, 0.4) is 0 Å².